The molecule has 2 aromatic carbocycles. The molecule has 3 rings (SSSR count). The third-order valence-electron chi connectivity index (χ3n) is 4.56. The number of aryl methyl sites for hydroxylation is 2. The van der Waals surface area contributed by atoms with Gasteiger partial charge in [-0.2, -0.15) is 5.10 Å². The highest BCUT2D eigenvalue weighted by Gasteiger charge is 2.20. The highest BCUT2D eigenvalue weighted by Crippen LogP contribution is 2.24. The van der Waals surface area contributed by atoms with Gasteiger partial charge in [0.05, 0.1) is 17.8 Å². The van der Waals surface area contributed by atoms with E-state index in [1.807, 2.05) is 37.3 Å². The summed E-state index contributed by atoms with van der Waals surface area (Å²) in [5, 5.41) is 7.76. The maximum absolute atomic E-state index is 12.8. The second-order valence-corrected chi connectivity index (χ2v) is 7.49. The molecule has 27 heavy (non-hydrogen) atoms. The molecule has 0 atom stereocenters. The van der Waals surface area contributed by atoms with Crippen molar-refractivity contribution in [2.24, 2.45) is 0 Å². The van der Waals surface area contributed by atoms with Crippen molar-refractivity contribution in [1.82, 2.24) is 9.78 Å². The van der Waals surface area contributed by atoms with Crippen molar-refractivity contribution in [3.8, 4) is 0 Å². The van der Waals surface area contributed by atoms with Crippen LogP contribution in [0, 0.1) is 13.8 Å². The number of benzene rings is 2. The molecular formula is C22H24ClN3O. The van der Waals surface area contributed by atoms with E-state index >= 15 is 0 Å². The molecule has 0 fully saturated rings. The first kappa shape index (κ1) is 19.2. The van der Waals surface area contributed by atoms with Crippen LogP contribution in [0.3, 0.4) is 0 Å². The number of anilines is 1. The lowest BCUT2D eigenvalue weighted by atomic mass is 10.0. The third kappa shape index (κ3) is 4.40. The summed E-state index contributed by atoms with van der Waals surface area (Å²) in [6.07, 6.45) is 0. The summed E-state index contributed by atoms with van der Waals surface area (Å²) in [6, 6.07) is 16.0. The van der Waals surface area contributed by atoms with Crippen molar-refractivity contribution in [3.05, 3.63) is 81.6 Å². The van der Waals surface area contributed by atoms with Gasteiger partial charge in [-0.3, -0.25) is 4.79 Å². The van der Waals surface area contributed by atoms with Gasteiger partial charge in [0.2, 0.25) is 0 Å². The minimum atomic E-state index is -0.242. The van der Waals surface area contributed by atoms with Crippen molar-refractivity contribution in [1.29, 1.82) is 0 Å². The fraction of sp³-hybridized carbons (Fsp3) is 0.273. The van der Waals surface area contributed by atoms with Crippen LogP contribution >= 0.6 is 11.6 Å². The molecule has 140 valence electrons. The topological polar surface area (TPSA) is 46.9 Å². The summed E-state index contributed by atoms with van der Waals surface area (Å²) in [7, 11) is 0. The number of halogens is 1. The summed E-state index contributed by atoms with van der Waals surface area (Å²) in [5.74, 6) is 0.151. The molecule has 0 aliphatic carbocycles. The molecule has 0 aliphatic heterocycles. The van der Waals surface area contributed by atoms with Crippen molar-refractivity contribution in [3.63, 3.8) is 0 Å². The number of amides is 1. The monoisotopic (exact) mass is 381 g/mol. The molecule has 0 saturated carbocycles. The Morgan fingerprint density at radius 3 is 2.52 bits per heavy atom. The largest absolute Gasteiger partial charge is 0.322 e. The van der Waals surface area contributed by atoms with Gasteiger partial charge >= 0.3 is 0 Å². The average molecular weight is 382 g/mol. The Hall–Kier alpha value is -2.59. The number of hydrogen-bond donors (Lipinski definition) is 1. The van der Waals surface area contributed by atoms with Crippen LogP contribution in [0.5, 0.6) is 0 Å². The molecule has 1 aromatic heterocycles. The smallest absolute Gasteiger partial charge is 0.260 e. The first-order chi connectivity index (χ1) is 12.8. The SMILES string of the molecule is Cc1ccc(Cn2nc(C)c(C(=O)Nc3cccc(C(C)C)c3)c2Cl)cc1. The van der Waals surface area contributed by atoms with Crippen LogP contribution in [-0.2, 0) is 6.54 Å². The van der Waals surface area contributed by atoms with E-state index in [-0.39, 0.29) is 5.91 Å². The van der Waals surface area contributed by atoms with E-state index in [1.54, 1.807) is 11.6 Å². The van der Waals surface area contributed by atoms with Crippen LogP contribution in [0.2, 0.25) is 5.15 Å². The zero-order chi connectivity index (χ0) is 19.6. The normalized spacial score (nSPS) is 11.0. The van der Waals surface area contributed by atoms with Crippen LogP contribution in [0.15, 0.2) is 48.5 Å². The van der Waals surface area contributed by atoms with Gasteiger partial charge in [0.25, 0.3) is 5.91 Å². The highest BCUT2D eigenvalue weighted by molar-refractivity contribution is 6.33. The Morgan fingerprint density at radius 1 is 1.15 bits per heavy atom. The fourth-order valence-electron chi connectivity index (χ4n) is 2.95. The average Bonchev–Trinajstić information content (AvgIpc) is 2.90. The Labute approximate surface area is 165 Å². The van der Waals surface area contributed by atoms with Gasteiger partial charge < -0.3 is 5.32 Å². The third-order valence-corrected chi connectivity index (χ3v) is 4.94. The number of carbonyl (C=O) groups excluding carboxylic acids is 1. The second kappa shape index (κ2) is 7.97. The van der Waals surface area contributed by atoms with Crippen LogP contribution in [-0.4, -0.2) is 15.7 Å². The second-order valence-electron chi connectivity index (χ2n) is 7.13. The van der Waals surface area contributed by atoms with Gasteiger partial charge in [-0.15, -0.1) is 0 Å². The Morgan fingerprint density at radius 2 is 1.85 bits per heavy atom. The quantitative estimate of drug-likeness (QED) is 0.627. The number of aromatic nitrogens is 2. The molecule has 0 radical (unpaired) electrons. The van der Waals surface area contributed by atoms with E-state index in [0.29, 0.717) is 28.9 Å². The molecule has 0 unspecified atom stereocenters. The Kier molecular flexibility index (Phi) is 5.66. The lowest BCUT2D eigenvalue weighted by Crippen LogP contribution is -2.13. The summed E-state index contributed by atoms with van der Waals surface area (Å²) < 4.78 is 1.67. The van der Waals surface area contributed by atoms with Gasteiger partial charge in [-0.25, -0.2) is 4.68 Å². The van der Waals surface area contributed by atoms with E-state index < -0.39 is 0 Å². The van der Waals surface area contributed by atoms with Crippen molar-refractivity contribution < 1.29 is 4.79 Å². The van der Waals surface area contributed by atoms with Crippen LogP contribution in [0.25, 0.3) is 0 Å². The summed E-state index contributed by atoms with van der Waals surface area (Å²) in [6.45, 7) is 8.62. The fourth-order valence-corrected chi connectivity index (χ4v) is 3.27. The molecule has 4 nitrogen and oxygen atoms in total. The highest BCUT2D eigenvalue weighted by atomic mass is 35.5. The van der Waals surface area contributed by atoms with E-state index in [1.165, 1.54) is 11.1 Å². The number of rotatable bonds is 5. The molecule has 0 spiro atoms. The molecule has 1 amide bonds. The van der Waals surface area contributed by atoms with Crippen LogP contribution in [0.4, 0.5) is 5.69 Å². The van der Waals surface area contributed by atoms with Crippen molar-refractivity contribution >= 4 is 23.2 Å². The Balaban J connectivity index is 1.82. The first-order valence-corrected chi connectivity index (χ1v) is 9.42. The van der Waals surface area contributed by atoms with E-state index in [0.717, 1.165) is 11.3 Å². The Bertz CT molecular complexity index is 958. The standard InChI is InChI=1S/C22H24ClN3O/c1-14(2)18-6-5-7-19(12-18)24-22(27)20-16(4)25-26(21(20)23)13-17-10-8-15(3)9-11-17/h5-12,14H,13H2,1-4H3,(H,24,27). The zero-order valence-corrected chi connectivity index (χ0v) is 16.8. The summed E-state index contributed by atoms with van der Waals surface area (Å²) in [5.41, 5.74) is 5.24. The van der Waals surface area contributed by atoms with Crippen LogP contribution < -0.4 is 5.32 Å². The van der Waals surface area contributed by atoms with E-state index in [2.05, 4.69) is 42.5 Å². The molecular weight excluding hydrogens is 358 g/mol. The van der Waals surface area contributed by atoms with Crippen molar-refractivity contribution in [2.75, 3.05) is 5.32 Å². The van der Waals surface area contributed by atoms with Gasteiger partial charge in [0.1, 0.15) is 5.15 Å². The van der Waals surface area contributed by atoms with E-state index in [4.69, 9.17) is 11.6 Å². The zero-order valence-electron chi connectivity index (χ0n) is 16.1. The lowest BCUT2D eigenvalue weighted by Gasteiger charge is -2.09. The first-order valence-electron chi connectivity index (χ1n) is 9.05. The van der Waals surface area contributed by atoms with Crippen LogP contribution in [0.1, 0.15) is 52.5 Å². The molecule has 5 heteroatoms. The summed E-state index contributed by atoms with van der Waals surface area (Å²) in [4.78, 5) is 12.8. The van der Waals surface area contributed by atoms with Gasteiger partial charge in [-0.1, -0.05) is 67.4 Å². The number of nitrogens with zero attached hydrogens (tertiary/aromatic N) is 2. The maximum Gasteiger partial charge on any atom is 0.260 e. The summed E-state index contributed by atoms with van der Waals surface area (Å²) >= 11 is 6.49. The minimum absolute atomic E-state index is 0.242. The number of nitrogens with one attached hydrogen (secondary N) is 1. The van der Waals surface area contributed by atoms with Crippen molar-refractivity contribution in [2.45, 2.75) is 40.2 Å². The number of carbonyl (C=O) groups is 1. The predicted octanol–water partition coefficient (Wildman–Crippen LogP) is 5.58. The predicted molar refractivity (Wildman–Crippen MR) is 111 cm³/mol. The minimum Gasteiger partial charge on any atom is -0.322 e. The molecule has 1 N–H and O–H groups in total. The molecule has 0 saturated heterocycles. The molecule has 3 aromatic rings. The van der Waals surface area contributed by atoms with Gasteiger partial charge in [0.15, 0.2) is 0 Å². The maximum atomic E-state index is 12.8. The van der Waals surface area contributed by atoms with Gasteiger partial charge in [-0.05, 0) is 43.0 Å². The lowest BCUT2D eigenvalue weighted by molar-refractivity contribution is 0.102. The van der Waals surface area contributed by atoms with Gasteiger partial charge in [0, 0.05) is 5.69 Å². The molecule has 1 heterocycles. The number of hydrogen-bond acceptors (Lipinski definition) is 2. The molecule has 0 bridgehead atoms. The molecule has 0 aliphatic rings. The van der Waals surface area contributed by atoms with E-state index in [9.17, 15) is 4.79 Å².